The van der Waals surface area contributed by atoms with Crippen LogP contribution < -0.4 is 5.32 Å². The number of aliphatic hydroxyl groups excluding tert-OH is 1. The topological polar surface area (TPSA) is 63.0 Å². The quantitative estimate of drug-likeness (QED) is 0.785. The summed E-state index contributed by atoms with van der Waals surface area (Å²) in [6.45, 7) is 6.63. The molecule has 2 rings (SSSR count). The predicted octanol–water partition coefficient (Wildman–Crippen LogP) is 1.50. The maximum atomic E-state index is 10.1. The van der Waals surface area contributed by atoms with Crippen molar-refractivity contribution in [1.82, 2.24) is 20.1 Å². The normalized spacial score (nSPS) is 16.6. The van der Waals surface area contributed by atoms with Gasteiger partial charge in [0.15, 0.2) is 0 Å². The van der Waals surface area contributed by atoms with Crippen LogP contribution in [-0.4, -0.2) is 32.5 Å². The lowest BCUT2D eigenvalue weighted by Crippen LogP contribution is -2.33. The van der Waals surface area contributed by atoms with Crippen molar-refractivity contribution >= 4 is 0 Å². The number of aliphatic hydroxyl groups is 1. The van der Waals surface area contributed by atoms with Gasteiger partial charge in [-0.2, -0.15) is 0 Å². The monoisotopic (exact) mass is 266 g/mol. The third-order valence-corrected chi connectivity index (χ3v) is 4.17. The lowest BCUT2D eigenvalue weighted by atomic mass is 9.97. The second-order valence-electron chi connectivity index (χ2n) is 5.42. The van der Waals surface area contributed by atoms with Gasteiger partial charge in [-0.15, -0.1) is 10.2 Å². The molecule has 0 aromatic carbocycles. The molecule has 1 atom stereocenters. The first-order valence-corrected chi connectivity index (χ1v) is 7.56. The first-order chi connectivity index (χ1) is 9.26. The highest BCUT2D eigenvalue weighted by atomic mass is 16.3. The molecule has 5 nitrogen and oxygen atoms in total. The molecule has 1 aromatic rings. The zero-order valence-corrected chi connectivity index (χ0v) is 12.1. The van der Waals surface area contributed by atoms with Crippen LogP contribution in [0.5, 0.6) is 0 Å². The van der Waals surface area contributed by atoms with Crippen molar-refractivity contribution in [3.63, 3.8) is 0 Å². The van der Waals surface area contributed by atoms with Crippen molar-refractivity contribution < 1.29 is 5.11 Å². The molecule has 1 aliphatic rings. The smallest absolute Gasteiger partial charge is 0.147 e. The fourth-order valence-corrected chi connectivity index (χ4v) is 2.83. The zero-order chi connectivity index (χ0) is 13.7. The molecule has 1 unspecified atom stereocenters. The van der Waals surface area contributed by atoms with Gasteiger partial charge in [-0.05, 0) is 18.8 Å². The molecule has 2 N–H and O–H groups in total. The van der Waals surface area contributed by atoms with Crippen LogP contribution in [0.2, 0.25) is 0 Å². The Bertz CT molecular complexity index is 387. The summed E-state index contributed by atoms with van der Waals surface area (Å²) in [5.41, 5.74) is 0. The fourth-order valence-electron chi connectivity index (χ4n) is 2.83. The Morgan fingerprint density at radius 2 is 2.05 bits per heavy atom. The molecule has 1 aliphatic heterocycles. The molecule has 0 bridgehead atoms. The van der Waals surface area contributed by atoms with E-state index in [0.717, 1.165) is 37.5 Å². The van der Waals surface area contributed by atoms with Crippen molar-refractivity contribution in [2.24, 2.45) is 5.92 Å². The summed E-state index contributed by atoms with van der Waals surface area (Å²) in [7, 11) is 0. The minimum Gasteiger partial charge on any atom is -0.392 e. The molecular weight excluding hydrogens is 240 g/mol. The first-order valence-electron chi connectivity index (χ1n) is 7.56. The van der Waals surface area contributed by atoms with Crippen LogP contribution in [0.1, 0.15) is 51.2 Å². The third kappa shape index (κ3) is 3.54. The number of nitrogens with zero attached hydrogens (tertiary/aromatic N) is 3. The van der Waals surface area contributed by atoms with E-state index < -0.39 is 0 Å². The molecule has 0 amide bonds. The van der Waals surface area contributed by atoms with Gasteiger partial charge in [0.2, 0.25) is 0 Å². The minimum absolute atomic E-state index is 0.265. The summed E-state index contributed by atoms with van der Waals surface area (Å²) in [5, 5.41) is 21.9. The highest BCUT2D eigenvalue weighted by Crippen LogP contribution is 2.15. The molecular formula is C14H26N4O. The lowest BCUT2D eigenvalue weighted by Gasteiger charge is -2.20. The molecule has 5 heteroatoms. The van der Waals surface area contributed by atoms with E-state index in [0.29, 0.717) is 19.0 Å². The van der Waals surface area contributed by atoms with E-state index in [2.05, 4.69) is 33.9 Å². The summed E-state index contributed by atoms with van der Waals surface area (Å²) in [6.07, 6.45) is 5.27. The van der Waals surface area contributed by atoms with Crippen molar-refractivity contribution in [3.05, 3.63) is 11.6 Å². The van der Waals surface area contributed by atoms with E-state index >= 15 is 0 Å². The second-order valence-corrected chi connectivity index (χ2v) is 5.42. The Kier molecular flexibility index (Phi) is 5.34. The van der Waals surface area contributed by atoms with Crippen LogP contribution in [0.4, 0.5) is 0 Å². The van der Waals surface area contributed by atoms with Gasteiger partial charge in [0, 0.05) is 19.5 Å². The van der Waals surface area contributed by atoms with Gasteiger partial charge in [-0.25, -0.2) is 0 Å². The van der Waals surface area contributed by atoms with Crippen LogP contribution in [0.25, 0.3) is 0 Å². The Morgan fingerprint density at radius 1 is 1.26 bits per heavy atom. The average Bonchev–Trinajstić information content (AvgIpc) is 2.84. The summed E-state index contributed by atoms with van der Waals surface area (Å²) in [6, 6.07) is 0. The van der Waals surface area contributed by atoms with Gasteiger partial charge in [-0.1, -0.05) is 26.7 Å². The Labute approximate surface area is 115 Å². The Balaban J connectivity index is 1.81. The predicted molar refractivity (Wildman–Crippen MR) is 74.7 cm³/mol. The van der Waals surface area contributed by atoms with Gasteiger partial charge < -0.3 is 15.0 Å². The van der Waals surface area contributed by atoms with E-state index in [1.165, 1.54) is 12.8 Å². The van der Waals surface area contributed by atoms with Crippen molar-refractivity contribution in [3.8, 4) is 0 Å². The molecule has 0 spiro atoms. The SMILES string of the molecule is CCC(CC)C(O)CNCc1nnc2n1CCCC2. The largest absolute Gasteiger partial charge is 0.392 e. The molecule has 0 fully saturated rings. The molecule has 1 aromatic heterocycles. The van der Waals surface area contributed by atoms with Crippen molar-refractivity contribution in [1.29, 1.82) is 0 Å². The number of fused-ring (bicyclic) bond motifs is 1. The standard InChI is InChI=1S/C14H26N4O/c1-3-11(4-2)12(19)9-15-10-14-17-16-13-7-5-6-8-18(13)14/h11-12,15,19H,3-10H2,1-2H3. The van der Waals surface area contributed by atoms with Crippen LogP contribution in [0.15, 0.2) is 0 Å². The number of hydrogen-bond donors (Lipinski definition) is 2. The maximum Gasteiger partial charge on any atom is 0.147 e. The average molecular weight is 266 g/mol. The van der Waals surface area contributed by atoms with Crippen LogP contribution >= 0.6 is 0 Å². The van der Waals surface area contributed by atoms with Crippen LogP contribution in [0.3, 0.4) is 0 Å². The highest BCUT2D eigenvalue weighted by molar-refractivity contribution is 4.98. The number of aryl methyl sites for hydroxylation is 1. The maximum absolute atomic E-state index is 10.1. The number of nitrogens with one attached hydrogen (secondary N) is 1. The molecule has 0 aliphatic carbocycles. The molecule has 0 saturated carbocycles. The summed E-state index contributed by atoms with van der Waals surface area (Å²) >= 11 is 0. The number of aromatic nitrogens is 3. The van der Waals surface area contributed by atoms with Crippen LogP contribution in [-0.2, 0) is 19.5 Å². The van der Waals surface area contributed by atoms with E-state index in [9.17, 15) is 5.11 Å². The number of hydrogen-bond acceptors (Lipinski definition) is 4. The third-order valence-electron chi connectivity index (χ3n) is 4.17. The van der Waals surface area contributed by atoms with Gasteiger partial charge in [-0.3, -0.25) is 0 Å². The van der Waals surface area contributed by atoms with E-state index in [4.69, 9.17) is 0 Å². The summed E-state index contributed by atoms with van der Waals surface area (Å²) in [5.74, 6) is 2.51. The van der Waals surface area contributed by atoms with E-state index in [1.807, 2.05) is 0 Å². The Morgan fingerprint density at radius 3 is 2.79 bits per heavy atom. The number of rotatable bonds is 7. The molecule has 108 valence electrons. The summed E-state index contributed by atoms with van der Waals surface area (Å²) < 4.78 is 2.22. The summed E-state index contributed by atoms with van der Waals surface area (Å²) in [4.78, 5) is 0. The molecule has 19 heavy (non-hydrogen) atoms. The van der Waals surface area contributed by atoms with Gasteiger partial charge in [0.05, 0.1) is 12.6 Å². The Hall–Kier alpha value is -0.940. The lowest BCUT2D eigenvalue weighted by molar-refractivity contribution is 0.101. The van der Waals surface area contributed by atoms with Gasteiger partial charge >= 0.3 is 0 Å². The van der Waals surface area contributed by atoms with E-state index in [-0.39, 0.29) is 6.10 Å². The highest BCUT2D eigenvalue weighted by Gasteiger charge is 2.17. The van der Waals surface area contributed by atoms with Crippen molar-refractivity contribution in [2.45, 2.75) is 65.1 Å². The molecule has 2 heterocycles. The molecule has 0 saturated heterocycles. The van der Waals surface area contributed by atoms with E-state index in [1.54, 1.807) is 0 Å². The fraction of sp³-hybridized carbons (Fsp3) is 0.857. The minimum atomic E-state index is -0.265. The van der Waals surface area contributed by atoms with Gasteiger partial charge in [0.25, 0.3) is 0 Å². The van der Waals surface area contributed by atoms with Crippen LogP contribution in [0, 0.1) is 5.92 Å². The van der Waals surface area contributed by atoms with Crippen molar-refractivity contribution in [2.75, 3.05) is 6.54 Å². The van der Waals surface area contributed by atoms with Gasteiger partial charge in [0.1, 0.15) is 11.6 Å². The second kappa shape index (κ2) is 7.01. The first kappa shape index (κ1) is 14.5. The molecule has 0 radical (unpaired) electrons. The zero-order valence-electron chi connectivity index (χ0n) is 12.1.